The highest BCUT2D eigenvalue weighted by Crippen LogP contribution is 2.45. The molecular weight excluding hydrogens is 387 g/mol. The number of ether oxygens (including phenoxy) is 1. The van der Waals surface area contributed by atoms with Crippen molar-refractivity contribution in [1.29, 1.82) is 0 Å². The van der Waals surface area contributed by atoms with Gasteiger partial charge in [0.05, 0.1) is 5.69 Å². The number of halogens is 1. The molecule has 1 aromatic carbocycles. The molecule has 2 atom stereocenters. The van der Waals surface area contributed by atoms with E-state index in [0.717, 1.165) is 30.2 Å². The van der Waals surface area contributed by atoms with Gasteiger partial charge in [-0.2, -0.15) is 0 Å². The lowest BCUT2D eigenvalue weighted by Crippen LogP contribution is -2.32. The molecule has 1 saturated carbocycles. The van der Waals surface area contributed by atoms with Gasteiger partial charge in [0.1, 0.15) is 12.3 Å². The molecule has 2 unspecified atom stereocenters. The Morgan fingerprint density at radius 1 is 1.16 bits per heavy atom. The van der Waals surface area contributed by atoms with Crippen LogP contribution in [0.15, 0.2) is 41.2 Å². The predicted octanol–water partition coefficient (Wildman–Crippen LogP) is 8.04. The van der Waals surface area contributed by atoms with Crippen LogP contribution in [-0.2, 0) is 4.74 Å². The summed E-state index contributed by atoms with van der Waals surface area (Å²) >= 11 is 0. The molecule has 1 aliphatic carbocycles. The normalized spacial score (nSPS) is 24.8. The second-order valence-corrected chi connectivity index (χ2v) is 9.83. The third kappa shape index (κ3) is 7.66. The van der Waals surface area contributed by atoms with Gasteiger partial charge in [0.25, 0.3) is 0 Å². The Kier molecular flexibility index (Phi) is 9.58. The Hall–Kier alpha value is -1.84. The van der Waals surface area contributed by atoms with Crippen LogP contribution in [0.4, 0.5) is 10.1 Å². The molecule has 0 bridgehead atoms. The lowest BCUT2D eigenvalue weighted by molar-refractivity contribution is 0.0221. The van der Waals surface area contributed by atoms with Gasteiger partial charge in [-0.1, -0.05) is 59.6 Å². The molecule has 0 aliphatic heterocycles. The number of nitrogens with two attached hydrogens (primary N) is 1. The number of nitrogens with zero attached hydrogens (tertiary/aromatic N) is 1. The van der Waals surface area contributed by atoms with Crippen molar-refractivity contribution in [1.82, 2.24) is 0 Å². The van der Waals surface area contributed by atoms with Crippen LogP contribution in [0, 0.1) is 17.3 Å². The number of alkyl halides is 1. The fourth-order valence-corrected chi connectivity index (χ4v) is 4.57. The Balaban J connectivity index is 2.02. The molecule has 174 valence electrons. The molecule has 4 heteroatoms. The van der Waals surface area contributed by atoms with Gasteiger partial charge >= 0.3 is 0 Å². The highest BCUT2D eigenvalue weighted by Gasteiger charge is 2.35. The Morgan fingerprint density at radius 3 is 2.26 bits per heavy atom. The van der Waals surface area contributed by atoms with Crippen molar-refractivity contribution >= 4 is 11.4 Å². The fraction of sp³-hybridized carbons (Fsp3) is 0.667. The largest absolute Gasteiger partial charge is 0.476 e. The van der Waals surface area contributed by atoms with E-state index >= 15 is 0 Å². The van der Waals surface area contributed by atoms with E-state index in [9.17, 15) is 4.39 Å². The standard InChI is InChI=1S/C27H43FN2O/c1-7-20(5)18-27(8-2)15-13-24(14-16-27)31-26(29)17-25(19(3)4)30-23-11-9-22(10-12-23)21(6)28/h9-12,17,19-21,24H,7-8,13-16,18,29H2,1-6H3/b26-17+,30-25?. The van der Waals surface area contributed by atoms with Crippen molar-refractivity contribution in [2.45, 2.75) is 98.8 Å². The molecule has 1 fully saturated rings. The van der Waals surface area contributed by atoms with Crippen LogP contribution in [0.25, 0.3) is 0 Å². The minimum atomic E-state index is -0.973. The van der Waals surface area contributed by atoms with Crippen molar-refractivity contribution in [3.63, 3.8) is 0 Å². The van der Waals surface area contributed by atoms with E-state index in [1.807, 2.05) is 18.2 Å². The van der Waals surface area contributed by atoms with Crippen LogP contribution in [0.2, 0.25) is 0 Å². The van der Waals surface area contributed by atoms with E-state index in [2.05, 4.69) is 34.6 Å². The molecule has 0 aromatic heterocycles. The maximum absolute atomic E-state index is 13.4. The minimum Gasteiger partial charge on any atom is -0.476 e. The van der Waals surface area contributed by atoms with Crippen LogP contribution in [0.5, 0.6) is 0 Å². The van der Waals surface area contributed by atoms with E-state index in [-0.39, 0.29) is 12.0 Å². The lowest BCUT2D eigenvalue weighted by Gasteiger charge is -2.41. The zero-order chi connectivity index (χ0) is 23.0. The Labute approximate surface area is 189 Å². The zero-order valence-electron chi connectivity index (χ0n) is 20.5. The van der Waals surface area contributed by atoms with E-state index in [1.165, 1.54) is 32.1 Å². The van der Waals surface area contributed by atoms with Crippen molar-refractivity contribution in [2.75, 3.05) is 0 Å². The summed E-state index contributed by atoms with van der Waals surface area (Å²) in [6.07, 6.45) is 9.46. The minimum absolute atomic E-state index is 0.187. The Bertz CT molecular complexity index is 728. The summed E-state index contributed by atoms with van der Waals surface area (Å²) in [7, 11) is 0. The van der Waals surface area contributed by atoms with E-state index < -0.39 is 6.17 Å². The first kappa shape index (κ1) is 25.4. The Morgan fingerprint density at radius 2 is 1.77 bits per heavy atom. The first-order valence-electron chi connectivity index (χ1n) is 12.1. The summed E-state index contributed by atoms with van der Waals surface area (Å²) < 4.78 is 19.6. The predicted molar refractivity (Wildman–Crippen MR) is 130 cm³/mol. The smallest absolute Gasteiger partial charge is 0.186 e. The van der Waals surface area contributed by atoms with Gasteiger partial charge in [0.2, 0.25) is 0 Å². The third-order valence-electron chi connectivity index (χ3n) is 7.02. The first-order valence-corrected chi connectivity index (χ1v) is 12.1. The van der Waals surface area contributed by atoms with Gasteiger partial charge in [-0.3, -0.25) is 4.99 Å². The molecule has 0 saturated heterocycles. The average Bonchev–Trinajstić information content (AvgIpc) is 2.75. The molecule has 31 heavy (non-hydrogen) atoms. The number of hydrogen-bond acceptors (Lipinski definition) is 3. The van der Waals surface area contributed by atoms with Crippen LogP contribution in [-0.4, -0.2) is 11.8 Å². The molecule has 0 amide bonds. The van der Waals surface area contributed by atoms with E-state index in [4.69, 9.17) is 15.5 Å². The molecule has 1 aromatic rings. The summed E-state index contributed by atoms with van der Waals surface area (Å²) in [6.45, 7) is 12.7. The zero-order valence-corrected chi connectivity index (χ0v) is 20.5. The van der Waals surface area contributed by atoms with Crippen molar-refractivity contribution in [3.8, 4) is 0 Å². The number of rotatable bonds is 10. The van der Waals surface area contributed by atoms with Crippen LogP contribution in [0.1, 0.15) is 98.2 Å². The van der Waals surface area contributed by atoms with Crippen LogP contribution in [0.3, 0.4) is 0 Å². The molecule has 0 radical (unpaired) electrons. The number of allylic oxidation sites excluding steroid dienone is 1. The van der Waals surface area contributed by atoms with E-state index in [1.54, 1.807) is 19.1 Å². The van der Waals surface area contributed by atoms with Gasteiger partial charge in [0, 0.05) is 11.8 Å². The summed E-state index contributed by atoms with van der Waals surface area (Å²) in [5, 5.41) is 0. The van der Waals surface area contributed by atoms with E-state index in [0.29, 0.717) is 16.9 Å². The maximum atomic E-state index is 13.4. The van der Waals surface area contributed by atoms with Gasteiger partial charge in [-0.15, -0.1) is 0 Å². The topological polar surface area (TPSA) is 47.6 Å². The van der Waals surface area contributed by atoms with Crippen molar-refractivity contribution in [2.24, 2.45) is 28.0 Å². The number of benzene rings is 1. The molecule has 0 heterocycles. The summed E-state index contributed by atoms with van der Waals surface area (Å²) in [4.78, 5) is 4.73. The van der Waals surface area contributed by atoms with Crippen LogP contribution >= 0.6 is 0 Å². The SMILES string of the molecule is CCC(C)CC1(CC)CCC(O/C(N)=C/C(=Nc2ccc(C(C)F)cc2)C(C)C)CC1. The maximum Gasteiger partial charge on any atom is 0.186 e. The monoisotopic (exact) mass is 430 g/mol. The number of hydrogen-bond donors (Lipinski definition) is 1. The lowest BCUT2D eigenvalue weighted by atomic mass is 9.67. The molecule has 1 aliphatic rings. The summed E-state index contributed by atoms with van der Waals surface area (Å²) in [5.74, 6) is 1.43. The van der Waals surface area contributed by atoms with Crippen molar-refractivity contribution < 1.29 is 9.13 Å². The summed E-state index contributed by atoms with van der Waals surface area (Å²) in [5.41, 5.74) is 9.08. The van der Waals surface area contributed by atoms with Crippen LogP contribution < -0.4 is 5.73 Å². The second-order valence-electron chi connectivity index (χ2n) is 9.83. The fourth-order valence-electron chi connectivity index (χ4n) is 4.57. The van der Waals surface area contributed by atoms with Gasteiger partial charge < -0.3 is 10.5 Å². The first-order chi connectivity index (χ1) is 14.7. The molecule has 2 N–H and O–H groups in total. The average molecular weight is 431 g/mol. The van der Waals surface area contributed by atoms with Crippen molar-refractivity contribution in [3.05, 3.63) is 41.8 Å². The third-order valence-corrected chi connectivity index (χ3v) is 7.02. The molecule has 0 spiro atoms. The van der Waals surface area contributed by atoms with Gasteiger partial charge in [-0.05, 0) is 74.0 Å². The highest BCUT2D eigenvalue weighted by molar-refractivity contribution is 5.98. The van der Waals surface area contributed by atoms with Gasteiger partial charge in [0.15, 0.2) is 5.88 Å². The number of aliphatic imine (C=N–C) groups is 1. The molecule has 2 rings (SSSR count). The summed E-state index contributed by atoms with van der Waals surface area (Å²) in [6, 6.07) is 7.27. The quantitative estimate of drug-likeness (QED) is 0.301. The second kappa shape index (κ2) is 11.7. The highest BCUT2D eigenvalue weighted by atomic mass is 19.1. The molecule has 3 nitrogen and oxygen atoms in total. The van der Waals surface area contributed by atoms with Gasteiger partial charge in [-0.25, -0.2) is 4.39 Å². The molecular formula is C27H43FN2O.